The zero-order valence-electron chi connectivity index (χ0n) is 7.38. The number of carbonyl (C=O) groups excluding carboxylic acids is 1. The summed E-state index contributed by atoms with van der Waals surface area (Å²) >= 11 is 0. The molecule has 3 heteroatoms. The zero-order chi connectivity index (χ0) is 8.55. The van der Waals surface area contributed by atoms with Gasteiger partial charge in [-0.15, -0.1) is 0 Å². The molecule has 2 aliphatic carbocycles. The number of rotatable bonds is 3. The first kappa shape index (κ1) is 8.05. The Labute approximate surface area is 72.5 Å². The highest BCUT2D eigenvalue weighted by molar-refractivity contribution is 5.77. The van der Waals surface area contributed by atoms with Gasteiger partial charge in [0.2, 0.25) is 5.91 Å². The molecule has 0 aromatic rings. The lowest BCUT2D eigenvalue weighted by atomic mass is 10.1. The van der Waals surface area contributed by atoms with E-state index in [0.29, 0.717) is 6.04 Å². The lowest BCUT2D eigenvalue weighted by molar-refractivity contribution is -0.125. The van der Waals surface area contributed by atoms with Crippen molar-refractivity contribution in [3.05, 3.63) is 0 Å². The second-order valence-electron chi connectivity index (χ2n) is 3.92. The van der Waals surface area contributed by atoms with E-state index in [1.165, 1.54) is 19.3 Å². The molecular formula is C9H15NO2. The van der Waals surface area contributed by atoms with Gasteiger partial charge in [0.05, 0.1) is 0 Å². The maximum Gasteiger partial charge on any atom is 0.246 e. The predicted molar refractivity (Wildman–Crippen MR) is 44.6 cm³/mol. The number of carbonyl (C=O) groups is 1. The first-order valence-electron chi connectivity index (χ1n) is 4.58. The fraction of sp³-hybridized carbons (Fsp3) is 0.889. The smallest absolute Gasteiger partial charge is 0.246 e. The molecule has 2 unspecified atom stereocenters. The van der Waals surface area contributed by atoms with Crippen molar-refractivity contribution in [1.29, 1.82) is 0 Å². The molecule has 0 heterocycles. The Morgan fingerprint density at radius 2 is 2.08 bits per heavy atom. The topological polar surface area (TPSA) is 38.3 Å². The number of hydrogen-bond donors (Lipinski definition) is 1. The SMILES string of the molecule is COCC(=O)NC1CC2CC2C1. The molecule has 2 saturated carbocycles. The van der Waals surface area contributed by atoms with Crippen LogP contribution in [0.25, 0.3) is 0 Å². The lowest BCUT2D eigenvalue weighted by Gasteiger charge is -2.13. The minimum Gasteiger partial charge on any atom is -0.375 e. The zero-order valence-corrected chi connectivity index (χ0v) is 7.38. The standard InChI is InChI=1S/C9H15NO2/c1-12-5-9(11)10-8-3-6-2-7(6)4-8/h6-8H,2-5H2,1H3,(H,10,11). The second kappa shape index (κ2) is 3.05. The summed E-state index contributed by atoms with van der Waals surface area (Å²) in [4.78, 5) is 11.1. The Hall–Kier alpha value is -0.570. The molecule has 2 atom stereocenters. The van der Waals surface area contributed by atoms with E-state index in [1.54, 1.807) is 7.11 Å². The third kappa shape index (κ3) is 1.61. The van der Waals surface area contributed by atoms with Crippen molar-refractivity contribution in [2.75, 3.05) is 13.7 Å². The number of methoxy groups -OCH3 is 1. The van der Waals surface area contributed by atoms with Crippen LogP contribution in [0.2, 0.25) is 0 Å². The molecule has 2 rings (SSSR count). The summed E-state index contributed by atoms with van der Waals surface area (Å²) in [5, 5.41) is 2.98. The van der Waals surface area contributed by atoms with Crippen LogP contribution in [0.5, 0.6) is 0 Å². The van der Waals surface area contributed by atoms with Crippen LogP contribution in [0.1, 0.15) is 19.3 Å². The van der Waals surface area contributed by atoms with Crippen LogP contribution in [0, 0.1) is 11.8 Å². The second-order valence-corrected chi connectivity index (χ2v) is 3.92. The lowest BCUT2D eigenvalue weighted by Crippen LogP contribution is -2.35. The maximum atomic E-state index is 11.1. The molecule has 0 aromatic heterocycles. The molecular weight excluding hydrogens is 154 g/mol. The molecule has 0 aromatic carbocycles. The molecule has 0 saturated heterocycles. The van der Waals surface area contributed by atoms with Gasteiger partial charge in [0.25, 0.3) is 0 Å². The van der Waals surface area contributed by atoms with Gasteiger partial charge in [0.1, 0.15) is 6.61 Å². The number of hydrogen-bond acceptors (Lipinski definition) is 2. The van der Waals surface area contributed by atoms with Crippen molar-refractivity contribution in [3.63, 3.8) is 0 Å². The molecule has 68 valence electrons. The molecule has 0 aliphatic heterocycles. The van der Waals surface area contributed by atoms with Gasteiger partial charge in [-0.1, -0.05) is 0 Å². The van der Waals surface area contributed by atoms with E-state index in [9.17, 15) is 4.79 Å². The highest BCUT2D eigenvalue weighted by Gasteiger charge is 2.46. The summed E-state index contributed by atoms with van der Waals surface area (Å²) in [5.74, 6) is 1.89. The average Bonchev–Trinajstić information content (AvgIpc) is 2.60. The number of amides is 1. The quantitative estimate of drug-likeness (QED) is 0.670. The summed E-state index contributed by atoms with van der Waals surface area (Å²) in [6.45, 7) is 0.200. The first-order valence-corrected chi connectivity index (χ1v) is 4.58. The molecule has 1 N–H and O–H groups in total. The van der Waals surface area contributed by atoms with Crippen molar-refractivity contribution in [3.8, 4) is 0 Å². The third-order valence-corrected chi connectivity index (χ3v) is 2.88. The summed E-state index contributed by atoms with van der Waals surface area (Å²) in [5.41, 5.74) is 0. The summed E-state index contributed by atoms with van der Waals surface area (Å²) in [6.07, 6.45) is 3.79. The Kier molecular flexibility index (Phi) is 2.05. The average molecular weight is 169 g/mol. The van der Waals surface area contributed by atoms with Gasteiger partial charge < -0.3 is 10.1 Å². The summed E-state index contributed by atoms with van der Waals surface area (Å²) in [6, 6.07) is 0.441. The van der Waals surface area contributed by atoms with E-state index in [4.69, 9.17) is 4.74 Å². The van der Waals surface area contributed by atoms with Gasteiger partial charge in [0.15, 0.2) is 0 Å². The normalized spacial score (nSPS) is 37.6. The fourth-order valence-electron chi connectivity index (χ4n) is 2.23. The molecule has 12 heavy (non-hydrogen) atoms. The molecule has 1 amide bonds. The summed E-state index contributed by atoms with van der Waals surface area (Å²) in [7, 11) is 1.55. The Morgan fingerprint density at radius 3 is 2.67 bits per heavy atom. The monoisotopic (exact) mass is 169 g/mol. The van der Waals surface area contributed by atoms with Crippen LogP contribution in [-0.2, 0) is 9.53 Å². The Morgan fingerprint density at radius 1 is 1.42 bits per heavy atom. The van der Waals surface area contributed by atoms with Crippen LogP contribution >= 0.6 is 0 Å². The van der Waals surface area contributed by atoms with Crippen LogP contribution in [0.3, 0.4) is 0 Å². The van der Waals surface area contributed by atoms with E-state index in [1.807, 2.05) is 0 Å². The molecule has 2 fully saturated rings. The molecule has 3 nitrogen and oxygen atoms in total. The highest BCUT2D eigenvalue weighted by Crippen LogP contribution is 2.51. The van der Waals surface area contributed by atoms with Gasteiger partial charge >= 0.3 is 0 Å². The van der Waals surface area contributed by atoms with Gasteiger partial charge in [0, 0.05) is 13.2 Å². The van der Waals surface area contributed by atoms with Crippen molar-refractivity contribution in [2.45, 2.75) is 25.3 Å². The Bertz CT molecular complexity index is 183. The largest absolute Gasteiger partial charge is 0.375 e. The van der Waals surface area contributed by atoms with E-state index in [0.717, 1.165) is 11.8 Å². The fourth-order valence-corrected chi connectivity index (χ4v) is 2.23. The van der Waals surface area contributed by atoms with Gasteiger partial charge in [-0.05, 0) is 31.1 Å². The molecule has 0 bridgehead atoms. The van der Waals surface area contributed by atoms with E-state index >= 15 is 0 Å². The minimum absolute atomic E-state index is 0.0313. The predicted octanol–water partition coefficient (Wildman–Crippen LogP) is 0.547. The maximum absolute atomic E-state index is 11.1. The van der Waals surface area contributed by atoms with E-state index in [-0.39, 0.29) is 12.5 Å². The molecule has 2 aliphatic rings. The highest BCUT2D eigenvalue weighted by atomic mass is 16.5. The van der Waals surface area contributed by atoms with E-state index in [2.05, 4.69) is 5.32 Å². The van der Waals surface area contributed by atoms with Crippen molar-refractivity contribution >= 4 is 5.91 Å². The van der Waals surface area contributed by atoms with Crippen LogP contribution in [-0.4, -0.2) is 25.7 Å². The molecule has 0 radical (unpaired) electrons. The van der Waals surface area contributed by atoms with Crippen LogP contribution < -0.4 is 5.32 Å². The third-order valence-electron chi connectivity index (χ3n) is 2.88. The Balaban J connectivity index is 1.69. The van der Waals surface area contributed by atoms with E-state index < -0.39 is 0 Å². The molecule has 0 spiro atoms. The van der Waals surface area contributed by atoms with Crippen LogP contribution in [0.15, 0.2) is 0 Å². The van der Waals surface area contributed by atoms with Crippen molar-refractivity contribution in [2.24, 2.45) is 11.8 Å². The number of fused-ring (bicyclic) bond motifs is 1. The van der Waals surface area contributed by atoms with Crippen LogP contribution in [0.4, 0.5) is 0 Å². The first-order chi connectivity index (χ1) is 5.79. The van der Waals surface area contributed by atoms with Gasteiger partial charge in [-0.2, -0.15) is 0 Å². The van der Waals surface area contributed by atoms with Crippen molar-refractivity contribution < 1.29 is 9.53 Å². The number of nitrogens with one attached hydrogen (secondary N) is 1. The van der Waals surface area contributed by atoms with Gasteiger partial charge in [-0.3, -0.25) is 4.79 Å². The minimum atomic E-state index is 0.0313. The summed E-state index contributed by atoms with van der Waals surface area (Å²) < 4.78 is 4.74. The van der Waals surface area contributed by atoms with Crippen molar-refractivity contribution in [1.82, 2.24) is 5.32 Å². The van der Waals surface area contributed by atoms with Gasteiger partial charge in [-0.25, -0.2) is 0 Å². The number of ether oxygens (including phenoxy) is 1.